The number of carbonyl (C=O) groups excluding carboxylic acids is 1. The predicted molar refractivity (Wildman–Crippen MR) is 107 cm³/mol. The van der Waals surface area contributed by atoms with Crippen LogP contribution in [0, 0.1) is 0 Å². The van der Waals surface area contributed by atoms with Crippen LogP contribution in [0.2, 0.25) is 0 Å². The molecule has 5 rings (SSSR count). The van der Waals surface area contributed by atoms with Crippen LogP contribution in [0.5, 0.6) is 0 Å². The van der Waals surface area contributed by atoms with Crippen LogP contribution in [-0.4, -0.2) is 34.1 Å². The maximum Gasteiger partial charge on any atom is 0.257 e. The minimum absolute atomic E-state index is 0.182. The van der Waals surface area contributed by atoms with Crippen LogP contribution in [0.3, 0.4) is 0 Å². The van der Waals surface area contributed by atoms with Gasteiger partial charge in [0.1, 0.15) is 0 Å². The molecule has 0 unspecified atom stereocenters. The predicted octanol–water partition coefficient (Wildman–Crippen LogP) is 3.79. The lowest BCUT2D eigenvalue weighted by Gasteiger charge is -2.20. The maximum atomic E-state index is 12.7. The van der Waals surface area contributed by atoms with E-state index in [9.17, 15) is 4.79 Å². The summed E-state index contributed by atoms with van der Waals surface area (Å²) in [6.07, 6.45) is 6.34. The summed E-state index contributed by atoms with van der Waals surface area (Å²) in [5, 5.41) is 11.0. The van der Waals surface area contributed by atoms with E-state index in [2.05, 4.69) is 25.8 Å². The molecule has 144 valence electrons. The number of nitrogens with one attached hydrogen (secondary N) is 2. The molecule has 8 heteroatoms. The molecule has 0 spiro atoms. The zero-order chi connectivity index (χ0) is 18.9. The number of nitrogens with zero attached hydrogens (tertiary/aromatic N) is 3. The molecule has 2 N–H and O–H groups in total. The smallest absolute Gasteiger partial charge is 0.257 e. The van der Waals surface area contributed by atoms with Gasteiger partial charge in [-0.1, -0.05) is 17.3 Å². The highest BCUT2D eigenvalue weighted by molar-refractivity contribution is 7.15. The van der Waals surface area contributed by atoms with Crippen LogP contribution >= 0.6 is 11.3 Å². The summed E-state index contributed by atoms with van der Waals surface area (Å²) < 4.78 is 5.32. The molecule has 1 aliphatic carbocycles. The fourth-order valence-corrected chi connectivity index (χ4v) is 4.44. The fraction of sp³-hybridized carbons (Fsp3) is 0.400. The van der Waals surface area contributed by atoms with Gasteiger partial charge in [-0.25, -0.2) is 4.98 Å². The first kappa shape index (κ1) is 17.5. The van der Waals surface area contributed by atoms with Gasteiger partial charge in [0.05, 0.1) is 0 Å². The van der Waals surface area contributed by atoms with Gasteiger partial charge >= 0.3 is 0 Å². The molecule has 1 aliphatic heterocycles. The molecule has 0 bridgehead atoms. The Hall–Kier alpha value is -2.58. The van der Waals surface area contributed by atoms with Crippen LogP contribution in [0.1, 0.15) is 58.6 Å². The lowest BCUT2D eigenvalue weighted by atomic mass is 9.97. The second kappa shape index (κ2) is 7.44. The molecule has 2 aromatic heterocycles. The lowest BCUT2D eigenvalue weighted by molar-refractivity contribution is 0.102. The van der Waals surface area contributed by atoms with E-state index in [1.807, 2.05) is 18.3 Å². The molecule has 1 saturated carbocycles. The molecule has 3 aromatic rings. The number of thiazole rings is 1. The number of carbonyl (C=O) groups is 1. The summed E-state index contributed by atoms with van der Waals surface area (Å²) in [5.41, 5.74) is 1.33. The normalized spacial score (nSPS) is 17.6. The molecule has 7 nitrogen and oxygen atoms in total. The minimum atomic E-state index is -0.182. The summed E-state index contributed by atoms with van der Waals surface area (Å²) in [4.78, 5) is 22.8. The second-order valence-electron chi connectivity index (χ2n) is 7.36. The number of anilines is 1. The van der Waals surface area contributed by atoms with Crippen LogP contribution in [0.15, 0.2) is 35.0 Å². The number of benzene rings is 1. The number of rotatable bonds is 5. The third kappa shape index (κ3) is 3.70. The first-order chi connectivity index (χ1) is 13.8. The minimum Gasteiger partial charge on any atom is -0.339 e. The monoisotopic (exact) mass is 395 g/mol. The number of hydrogen-bond donors (Lipinski definition) is 2. The van der Waals surface area contributed by atoms with Crippen molar-refractivity contribution in [1.29, 1.82) is 0 Å². The summed E-state index contributed by atoms with van der Waals surface area (Å²) in [6.45, 7) is 2.07. The molecule has 0 radical (unpaired) electrons. The van der Waals surface area contributed by atoms with E-state index in [0.717, 1.165) is 44.3 Å². The quantitative estimate of drug-likeness (QED) is 0.683. The van der Waals surface area contributed by atoms with Crippen molar-refractivity contribution in [1.82, 2.24) is 20.4 Å². The Bertz CT molecular complexity index is 988. The topological polar surface area (TPSA) is 92.9 Å². The van der Waals surface area contributed by atoms with Crippen LogP contribution in [0.4, 0.5) is 5.13 Å². The van der Waals surface area contributed by atoms with Crippen molar-refractivity contribution in [2.45, 2.75) is 37.5 Å². The zero-order valence-electron chi connectivity index (χ0n) is 15.4. The van der Waals surface area contributed by atoms with Gasteiger partial charge in [-0.15, -0.1) is 11.3 Å². The Kier molecular flexibility index (Phi) is 4.66. The molecule has 3 heterocycles. The highest BCUT2D eigenvalue weighted by Crippen LogP contribution is 2.39. The Morgan fingerprint density at radius 3 is 2.86 bits per heavy atom. The van der Waals surface area contributed by atoms with E-state index < -0.39 is 0 Å². The number of amides is 1. The molecular weight excluding hydrogens is 374 g/mol. The molecular formula is C20H21N5O2S. The van der Waals surface area contributed by atoms with Crippen LogP contribution in [-0.2, 0) is 0 Å². The molecule has 1 amide bonds. The molecule has 2 aliphatic rings. The van der Waals surface area contributed by atoms with E-state index in [1.165, 1.54) is 4.88 Å². The highest BCUT2D eigenvalue weighted by atomic mass is 32.1. The Morgan fingerprint density at radius 1 is 1.18 bits per heavy atom. The van der Waals surface area contributed by atoms with Crippen molar-refractivity contribution in [2.24, 2.45) is 0 Å². The standard InChI is InChI=1S/C20H21N5O2S/c26-18(24-20-22-11-16(28-20)12-6-8-21-9-7-12)15-3-1-2-14(10-15)17-23-19(27-25-17)13-4-5-13/h1-3,10-13,21H,4-9H2,(H,22,24,26). The lowest BCUT2D eigenvalue weighted by Crippen LogP contribution is -2.26. The fourth-order valence-electron chi connectivity index (χ4n) is 3.46. The highest BCUT2D eigenvalue weighted by Gasteiger charge is 2.29. The Morgan fingerprint density at radius 2 is 2.04 bits per heavy atom. The first-order valence-corrected chi connectivity index (χ1v) is 10.5. The maximum absolute atomic E-state index is 12.7. The van der Waals surface area contributed by atoms with Crippen LogP contribution < -0.4 is 10.6 Å². The third-order valence-corrected chi connectivity index (χ3v) is 6.31. The molecule has 0 atom stereocenters. The van der Waals surface area contributed by atoms with Gasteiger partial charge in [0.2, 0.25) is 11.7 Å². The molecule has 2 fully saturated rings. The van der Waals surface area contributed by atoms with Gasteiger partial charge in [-0.2, -0.15) is 4.98 Å². The van der Waals surface area contributed by atoms with Crippen molar-refractivity contribution in [3.63, 3.8) is 0 Å². The molecule has 1 aromatic carbocycles. The van der Waals surface area contributed by atoms with Crippen molar-refractivity contribution in [3.05, 3.63) is 46.8 Å². The van der Waals surface area contributed by atoms with E-state index in [-0.39, 0.29) is 5.91 Å². The number of piperidine rings is 1. The van der Waals surface area contributed by atoms with Crippen molar-refractivity contribution >= 4 is 22.4 Å². The summed E-state index contributed by atoms with van der Waals surface area (Å²) >= 11 is 1.57. The zero-order valence-corrected chi connectivity index (χ0v) is 16.2. The van der Waals surface area contributed by atoms with Gasteiger partial charge in [-0.05, 0) is 56.8 Å². The van der Waals surface area contributed by atoms with E-state index in [0.29, 0.717) is 34.2 Å². The Labute approximate surface area is 166 Å². The summed E-state index contributed by atoms with van der Waals surface area (Å²) in [7, 11) is 0. The van der Waals surface area contributed by atoms with E-state index in [4.69, 9.17) is 4.52 Å². The van der Waals surface area contributed by atoms with Crippen molar-refractivity contribution < 1.29 is 9.32 Å². The van der Waals surface area contributed by atoms with Gasteiger partial charge in [0.25, 0.3) is 5.91 Å². The summed E-state index contributed by atoms with van der Waals surface area (Å²) in [6, 6.07) is 7.29. The van der Waals surface area contributed by atoms with Crippen molar-refractivity contribution in [3.8, 4) is 11.4 Å². The van der Waals surface area contributed by atoms with Gasteiger partial charge in [-0.3, -0.25) is 10.1 Å². The van der Waals surface area contributed by atoms with Crippen LogP contribution in [0.25, 0.3) is 11.4 Å². The SMILES string of the molecule is O=C(Nc1ncc(C2CCNCC2)s1)c1cccc(-c2noc(C3CC3)n2)c1. The number of aromatic nitrogens is 3. The second-order valence-corrected chi connectivity index (χ2v) is 8.42. The summed E-state index contributed by atoms with van der Waals surface area (Å²) in [5.74, 6) is 1.98. The van der Waals surface area contributed by atoms with Gasteiger partial charge < -0.3 is 9.84 Å². The average Bonchev–Trinajstić information content (AvgIpc) is 3.28. The first-order valence-electron chi connectivity index (χ1n) is 9.68. The molecule has 28 heavy (non-hydrogen) atoms. The average molecular weight is 395 g/mol. The van der Waals surface area contributed by atoms with E-state index >= 15 is 0 Å². The molecule has 1 saturated heterocycles. The Balaban J connectivity index is 1.29. The third-order valence-electron chi connectivity index (χ3n) is 5.24. The number of hydrogen-bond acceptors (Lipinski definition) is 7. The largest absolute Gasteiger partial charge is 0.339 e. The van der Waals surface area contributed by atoms with Gasteiger partial charge in [0, 0.05) is 28.1 Å². The van der Waals surface area contributed by atoms with Gasteiger partial charge in [0.15, 0.2) is 5.13 Å². The van der Waals surface area contributed by atoms with Crippen molar-refractivity contribution in [2.75, 3.05) is 18.4 Å². The van der Waals surface area contributed by atoms with E-state index in [1.54, 1.807) is 23.5 Å².